The lowest BCUT2D eigenvalue weighted by molar-refractivity contribution is 0.0921. The maximum atomic E-state index is 12.6. The summed E-state index contributed by atoms with van der Waals surface area (Å²) in [7, 11) is 1.97. The third kappa shape index (κ3) is 4.88. The molecular weight excluding hydrogens is 386 g/mol. The molecule has 2 heterocycles. The van der Waals surface area contributed by atoms with Crippen molar-refractivity contribution in [3.63, 3.8) is 0 Å². The average molecular weight is 414 g/mol. The van der Waals surface area contributed by atoms with Crippen LogP contribution in [0, 0.1) is 12.8 Å². The van der Waals surface area contributed by atoms with Crippen molar-refractivity contribution in [1.82, 2.24) is 19.9 Å². The Morgan fingerprint density at radius 1 is 1.31 bits per heavy atom. The van der Waals surface area contributed by atoms with Crippen molar-refractivity contribution in [1.29, 1.82) is 0 Å². The normalized spacial score (nSPS) is 18.9. The van der Waals surface area contributed by atoms with Gasteiger partial charge in [-0.15, -0.1) is 0 Å². The first-order valence-corrected chi connectivity index (χ1v) is 10.3. The summed E-state index contributed by atoms with van der Waals surface area (Å²) in [5.74, 6) is 1.28. The number of hydrogen-bond acceptors (Lipinski definition) is 4. The van der Waals surface area contributed by atoms with E-state index < -0.39 is 0 Å². The van der Waals surface area contributed by atoms with Gasteiger partial charge in [-0.05, 0) is 56.7 Å². The van der Waals surface area contributed by atoms with Crippen LogP contribution in [0.4, 0.5) is 5.95 Å². The molecule has 0 aromatic carbocycles. The number of amides is 1. The standard InChI is InChI=1S/C22H28ClN5O/c1-5-19-20(6-2)28(4)22(27-19)25-12-15-7-9-17(10-8-15)26-21(29)18-11-16(23)13-24-14(18)3/h5-6,11,13,15,17H,1-2,7-10,12H2,3-4H3,(H,25,27)(H,26,29). The molecule has 0 unspecified atom stereocenters. The zero-order valence-electron chi connectivity index (χ0n) is 17.0. The molecule has 2 aromatic heterocycles. The van der Waals surface area contributed by atoms with E-state index in [9.17, 15) is 4.79 Å². The van der Waals surface area contributed by atoms with Crippen LogP contribution in [0.15, 0.2) is 25.4 Å². The van der Waals surface area contributed by atoms with E-state index in [4.69, 9.17) is 11.6 Å². The van der Waals surface area contributed by atoms with Gasteiger partial charge in [0.1, 0.15) is 0 Å². The zero-order chi connectivity index (χ0) is 21.0. The molecule has 1 fully saturated rings. The minimum absolute atomic E-state index is 0.0963. The summed E-state index contributed by atoms with van der Waals surface area (Å²) in [4.78, 5) is 21.3. The highest BCUT2D eigenvalue weighted by atomic mass is 35.5. The fourth-order valence-electron chi connectivity index (χ4n) is 3.83. The van der Waals surface area contributed by atoms with Gasteiger partial charge in [-0.2, -0.15) is 0 Å². The number of halogens is 1. The summed E-state index contributed by atoms with van der Waals surface area (Å²) in [6, 6.07) is 1.86. The predicted molar refractivity (Wildman–Crippen MR) is 119 cm³/mol. The molecule has 1 amide bonds. The van der Waals surface area contributed by atoms with E-state index >= 15 is 0 Å². The van der Waals surface area contributed by atoms with Crippen LogP contribution in [-0.4, -0.2) is 33.0 Å². The first-order valence-electron chi connectivity index (χ1n) is 9.91. The van der Waals surface area contributed by atoms with E-state index in [2.05, 4.69) is 33.8 Å². The Morgan fingerprint density at radius 2 is 2.03 bits per heavy atom. The van der Waals surface area contributed by atoms with Gasteiger partial charge < -0.3 is 15.2 Å². The summed E-state index contributed by atoms with van der Waals surface area (Å²) in [5, 5.41) is 7.07. The monoisotopic (exact) mass is 413 g/mol. The summed E-state index contributed by atoms with van der Waals surface area (Å²) in [6.07, 6.45) is 9.12. The highest BCUT2D eigenvalue weighted by molar-refractivity contribution is 6.30. The highest BCUT2D eigenvalue weighted by Gasteiger charge is 2.24. The van der Waals surface area contributed by atoms with Crippen LogP contribution in [0.1, 0.15) is 53.1 Å². The number of nitrogens with one attached hydrogen (secondary N) is 2. The van der Waals surface area contributed by atoms with Crippen molar-refractivity contribution in [2.45, 2.75) is 38.6 Å². The molecule has 2 aromatic rings. The third-order valence-electron chi connectivity index (χ3n) is 5.58. The summed E-state index contributed by atoms with van der Waals surface area (Å²) in [5.41, 5.74) is 3.03. The van der Waals surface area contributed by atoms with Crippen LogP contribution in [-0.2, 0) is 7.05 Å². The van der Waals surface area contributed by atoms with Crippen molar-refractivity contribution in [2.75, 3.05) is 11.9 Å². The Labute approximate surface area is 177 Å². The van der Waals surface area contributed by atoms with E-state index in [0.717, 1.165) is 49.6 Å². The number of imidazole rings is 1. The van der Waals surface area contributed by atoms with Gasteiger partial charge in [0.05, 0.1) is 27.7 Å². The first-order chi connectivity index (χ1) is 13.9. The minimum atomic E-state index is -0.0963. The van der Waals surface area contributed by atoms with E-state index in [1.54, 1.807) is 24.4 Å². The van der Waals surface area contributed by atoms with Gasteiger partial charge in [0.15, 0.2) is 0 Å². The number of nitrogens with zero attached hydrogens (tertiary/aromatic N) is 3. The van der Waals surface area contributed by atoms with Crippen molar-refractivity contribution >= 4 is 35.6 Å². The lowest BCUT2D eigenvalue weighted by atomic mass is 9.86. The fraction of sp³-hybridized carbons (Fsp3) is 0.409. The molecule has 0 aliphatic heterocycles. The number of carbonyl (C=O) groups excluding carboxylic acids is 1. The van der Waals surface area contributed by atoms with Gasteiger partial charge >= 0.3 is 0 Å². The maximum Gasteiger partial charge on any atom is 0.253 e. The van der Waals surface area contributed by atoms with Gasteiger partial charge in [0.25, 0.3) is 5.91 Å². The number of anilines is 1. The Balaban J connectivity index is 1.50. The molecular formula is C22H28ClN5O. The van der Waals surface area contributed by atoms with Crippen LogP contribution in [0.5, 0.6) is 0 Å². The number of hydrogen-bond donors (Lipinski definition) is 2. The van der Waals surface area contributed by atoms with Crippen molar-refractivity contribution < 1.29 is 4.79 Å². The van der Waals surface area contributed by atoms with E-state index in [1.807, 2.05) is 18.5 Å². The molecule has 1 aliphatic rings. The molecule has 29 heavy (non-hydrogen) atoms. The Morgan fingerprint density at radius 3 is 2.66 bits per heavy atom. The molecule has 0 spiro atoms. The molecule has 6 nitrogen and oxygen atoms in total. The van der Waals surface area contributed by atoms with E-state index in [0.29, 0.717) is 22.2 Å². The maximum absolute atomic E-state index is 12.6. The topological polar surface area (TPSA) is 71.8 Å². The number of carbonyl (C=O) groups is 1. The van der Waals surface area contributed by atoms with E-state index in [-0.39, 0.29) is 11.9 Å². The van der Waals surface area contributed by atoms with Crippen LogP contribution in [0.2, 0.25) is 5.02 Å². The van der Waals surface area contributed by atoms with Gasteiger partial charge in [-0.25, -0.2) is 4.98 Å². The summed E-state index contributed by atoms with van der Waals surface area (Å²) in [6.45, 7) is 10.3. The second-order valence-electron chi connectivity index (χ2n) is 7.53. The Bertz CT molecular complexity index is 912. The van der Waals surface area contributed by atoms with Crippen molar-refractivity contribution in [2.24, 2.45) is 13.0 Å². The first kappa shape index (κ1) is 21.1. The molecule has 7 heteroatoms. The molecule has 3 rings (SSSR count). The van der Waals surface area contributed by atoms with Crippen molar-refractivity contribution in [3.8, 4) is 0 Å². The zero-order valence-corrected chi connectivity index (χ0v) is 17.8. The number of pyridine rings is 1. The van der Waals surface area contributed by atoms with Crippen LogP contribution in [0.25, 0.3) is 12.2 Å². The van der Waals surface area contributed by atoms with Crippen molar-refractivity contribution in [3.05, 3.63) is 53.1 Å². The van der Waals surface area contributed by atoms with Gasteiger partial charge in [0, 0.05) is 25.8 Å². The molecule has 0 atom stereocenters. The third-order valence-corrected chi connectivity index (χ3v) is 5.79. The Kier molecular flexibility index (Phi) is 6.75. The number of aryl methyl sites for hydroxylation is 1. The largest absolute Gasteiger partial charge is 0.355 e. The molecule has 2 N–H and O–H groups in total. The quantitative estimate of drug-likeness (QED) is 0.702. The fourth-order valence-corrected chi connectivity index (χ4v) is 3.99. The van der Waals surface area contributed by atoms with Gasteiger partial charge in [-0.1, -0.05) is 24.8 Å². The molecule has 1 aliphatic carbocycles. The van der Waals surface area contributed by atoms with Crippen LogP contribution in [0.3, 0.4) is 0 Å². The molecule has 154 valence electrons. The number of aromatic nitrogens is 3. The SMILES string of the molecule is C=Cc1nc(NCC2CCC(NC(=O)c3cc(Cl)cnc3C)CC2)n(C)c1C=C. The molecule has 1 saturated carbocycles. The van der Waals surface area contributed by atoms with E-state index in [1.165, 1.54) is 0 Å². The highest BCUT2D eigenvalue weighted by Crippen LogP contribution is 2.26. The Hall–Kier alpha value is -2.60. The second-order valence-corrected chi connectivity index (χ2v) is 7.97. The summed E-state index contributed by atoms with van der Waals surface area (Å²) >= 11 is 5.98. The van der Waals surface area contributed by atoms with Crippen LogP contribution < -0.4 is 10.6 Å². The van der Waals surface area contributed by atoms with Gasteiger partial charge in [-0.3, -0.25) is 9.78 Å². The molecule has 0 radical (unpaired) electrons. The van der Waals surface area contributed by atoms with Crippen LogP contribution >= 0.6 is 11.6 Å². The number of rotatable bonds is 7. The molecule has 0 bridgehead atoms. The molecule has 0 saturated heterocycles. The average Bonchev–Trinajstić information content (AvgIpc) is 3.03. The lowest BCUT2D eigenvalue weighted by Crippen LogP contribution is -2.38. The van der Waals surface area contributed by atoms with Gasteiger partial charge in [0.2, 0.25) is 5.95 Å². The smallest absolute Gasteiger partial charge is 0.253 e. The lowest BCUT2D eigenvalue weighted by Gasteiger charge is -2.29. The second kappa shape index (κ2) is 9.27. The summed E-state index contributed by atoms with van der Waals surface area (Å²) < 4.78 is 2.00. The predicted octanol–water partition coefficient (Wildman–Crippen LogP) is 4.46. The minimum Gasteiger partial charge on any atom is -0.355 e.